The third kappa shape index (κ3) is 4.86. The van der Waals surface area contributed by atoms with Crippen LogP contribution in [0, 0.1) is 5.41 Å². The monoisotopic (exact) mass is 310 g/mol. The fourth-order valence-electron chi connectivity index (χ4n) is 1.56. The summed E-state index contributed by atoms with van der Waals surface area (Å²) in [7, 11) is 0. The summed E-state index contributed by atoms with van der Waals surface area (Å²) < 4.78 is 0. The first kappa shape index (κ1) is 17.7. The third-order valence-electron chi connectivity index (χ3n) is 2.58. The average molecular weight is 310 g/mol. The van der Waals surface area contributed by atoms with E-state index in [0.29, 0.717) is 11.1 Å². The zero-order valence-electron chi connectivity index (χ0n) is 11.3. The van der Waals surface area contributed by atoms with Crippen LogP contribution < -0.4 is 61.8 Å². The van der Waals surface area contributed by atoms with Gasteiger partial charge in [-0.1, -0.05) is 6.07 Å². The molecule has 0 saturated heterocycles. The molecule has 0 bridgehead atoms. The van der Waals surface area contributed by atoms with Crippen molar-refractivity contribution in [2.75, 3.05) is 0 Å². The third-order valence-corrected chi connectivity index (χ3v) is 2.58. The maximum Gasteiger partial charge on any atom is 1.00 e. The Labute approximate surface area is 163 Å². The van der Waals surface area contributed by atoms with Crippen molar-refractivity contribution < 1.29 is 66.4 Å². The van der Waals surface area contributed by atoms with Crippen LogP contribution in [0.15, 0.2) is 30.6 Å². The van der Waals surface area contributed by atoms with Crippen LogP contribution in [-0.4, -0.2) is 27.2 Å². The van der Waals surface area contributed by atoms with Crippen molar-refractivity contribution in [3.63, 3.8) is 0 Å². The quantitative estimate of drug-likeness (QED) is 0.415. The van der Waals surface area contributed by atoms with Gasteiger partial charge in [-0.3, -0.25) is 9.78 Å². The molecule has 0 unspecified atom stereocenters. The van der Waals surface area contributed by atoms with Gasteiger partial charge >= 0.3 is 51.4 Å². The topological polar surface area (TPSA) is 122 Å². The molecule has 1 amide bonds. The first-order valence-electron chi connectivity index (χ1n) is 5.70. The van der Waals surface area contributed by atoms with Crippen molar-refractivity contribution in [1.29, 1.82) is 5.41 Å². The molecule has 7 nitrogen and oxygen atoms in total. The molecular weight excluding hydrogens is 299 g/mol. The Morgan fingerprint density at radius 1 is 1.38 bits per heavy atom. The predicted octanol–water partition coefficient (Wildman–Crippen LogP) is -2.81. The number of phenols is 1. The second-order valence-corrected chi connectivity index (χ2v) is 3.96. The van der Waals surface area contributed by atoms with Crippen molar-refractivity contribution in [2.45, 2.75) is 6.54 Å². The number of carbonyl (C=O) groups is 1. The second-order valence-electron chi connectivity index (χ2n) is 3.96. The number of phenolic OH excluding ortho intramolecular Hbond substituents is 1. The fraction of sp³-hybridized carbons (Fsp3) is 0.0769. The van der Waals surface area contributed by atoms with Crippen molar-refractivity contribution >= 4 is 12.1 Å². The second kappa shape index (κ2) is 8.20. The first-order valence-corrected chi connectivity index (χ1v) is 5.70. The van der Waals surface area contributed by atoms with Gasteiger partial charge in [0.2, 0.25) is 0 Å². The molecule has 0 spiro atoms. The number of aromatic hydroxyl groups is 1. The van der Waals surface area contributed by atoms with E-state index in [4.69, 9.17) is 5.41 Å². The maximum absolute atomic E-state index is 11.7. The molecule has 1 aromatic heterocycles. The summed E-state index contributed by atoms with van der Waals surface area (Å²) in [6.07, 6.45) is 2.07. The van der Waals surface area contributed by atoms with Crippen molar-refractivity contribution in [3.8, 4) is 11.6 Å². The molecule has 0 atom stereocenters. The maximum atomic E-state index is 11.7. The van der Waals surface area contributed by atoms with Crippen LogP contribution in [0.5, 0.6) is 11.6 Å². The van der Waals surface area contributed by atoms with E-state index in [-0.39, 0.29) is 69.4 Å². The molecule has 1 aromatic carbocycles. The van der Waals surface area contributed by atoms with Crippen LogP contribution in [0.4, 0.5) is 0 Å². The van der Waals surface area contributed by atoms with Crippen molar-refractivity contribution in [3.05, 3.63) is 47.4 Å². The van der Waals surface area contributed by atoms with Gasteiger partial charge in [0.15, 0.2) is 0 Å². The van der Waals surface area contributed by atoms with Gasteiger partial charge in [-0.05, 0) is 29.6 Å². The summed E-state index contributed by atoms with van der Waals surface area (Å²) in [5.74, 6) is -1.06. The van der Waals surface area contributed by atoms with Crippen molar-refractivity contribution in [2.24, 2.45) is 0 Å². The number of carbonyl (C=O) groups excluding carboxylic acids is 1. The number of aromatic nitrogens is 2. The summed E-state index contributed by atoms with van der Waals surface area (Å²) in [5.41, 5.74) is 1.05. The number of amides is 1. The summed E-state index contributed by atoms with van der Waals surface area (Å²) in [6.45, 7) is 0.170. The molecule has 102 valence electrons. The molecule has 21 heavy (non-hydrogen) atoms. The zero-order valence-corrected chi connectivity index (χ0v) is 14.5. The minimum atomic E-state index is -0.530. The van der Waals surface area contributed by atoms with E-state index in [1.807, 2.05) is 0 Å². The fourth-order valence-corrected chi connectivity index (χ4v) is 1.56. The standard InChI is InChI=1S/C13H12N4O3.K/c14-5-9-2-1-8(3-11(9)18)6-15-13(20)10-4-12(19)17-7-16-10;/h1-5,7,14,18H,6H2,(H,15,20)(H,16,17,19);/q;+1/p-1. The van der Waals surface area contributed by atoms with E-state index in [9.17, 15) is 15.0 Å². The van der Waals surface area contributed by atoms with Crippen LogP contribution >= 0.6 is 0 Å². The summed E-state index contributed by atoms with van der Waals surface area (Å²) in [6, 6.07) is 5.76. The van der Waals surface area contributed by atoms with Crippen LogP contribution in [-0.2, 0) is 6.54 Å². The van der Waals surface area contributed by atoms with Gasteiger partial charge in [0.1, 0.15) is 17.8 Å². The molecule has 2 rings (SSSR count). The van der Waals surface area contributed by atoms with Gasteiger partial charge in [0.25, 0.3) is 5.91 Å². The summed E-state index contributed by atoms with van der Waals surface area (Å²) >= 11 is 0. The van der Waals surface area contributed by atoms with Gasteiger partial charge in [-0.25, -0.2) is 4.98 Å². The van der Waals surface area contributed by atoms with E-state index in [2.05, 4.69) is 15.3 Å². The van der Waals surface area contributed by atoms with E-state index in [1.54, 1.807) is 12.1 Å². The minimum Gasteiger partial charge on any atom is -0.859 e. The smallest absolute Gasteiger partial charge is 0.859 e. The first-order chi connectivity index (χ1) is 9.60. The van der Waals surface area contributed by atoms with Gasteiger partial charge in [-0.15, -0.1) is 0 Å². The van der Waals surface area contributed by atoms with E-state index < -0.39 is 11.8 Å². The largest absolute Gasteiger partial charge is 1.00 e. The van der Waals surface area contributed by atoms with Gasteiger partial charge in [0, 0.05) is 18.3 Å². The number of hydrogen-bond donors (Lipinski definition) is 3. The Balaban J connectivity index is 0.00000220. The normalized spacial score (nSPS) is 9.52. The number of rotatable bonds is 4. The number of hydrogen-bond acceptors (Lipinski definition) is 6. The molecule has 3 N–H and O–H groups in total. The molecule has 0 aliphatic heterocycles. The average Bonchev–Trinajstić information content (AvgIpc) is 2.45. The number of nitrogens with zero attached hydrogens (tertiary/aromatic N) is 2. The summed E-state index contributed by atoms with van der Waals surface area (Å²) in [5, 5.41) is 30.2. The molecule has 2 aromatic rings. The summed E-state index contributed by atoms with van der Waals surface area (Å²) in [4.78, 5) is 18.8. The molecule has 8 heteroatoms. The van der Waals surface area contributed by atoms with Gasteiger partial charge < -0.3 is 20.9 Å². The molecular formula is C13H11KN4O3. The molecule has 0 radical (unpaired) electrons. The van der Waals surface area contributed by atoms with Gasteiger partial charge in [-0.2, -0.15) is 0 Å². The molecule has 0 saturated carbocycles. The van der Waals surface area contributed by atoms with Crippen molar-refractivity contribution in [1.82, 2.24) is 15.3 Å². The Morgan fingerprint density at radius 2 is 2.14 bits per heavy atom. The van der Waals surface area contributed by atoms with E-state index >= 15 is 0 Å². The van der Waals surface area contributed by atoms with Crippen LogP contribution in [0.1, 0.15) is 21.6 Å². The van der Waals surface area contributed by atoms with Crippen LogP contribution in [0.3, 0.4) is 0 Å². The Kier molecular flexibility index (Phi) is 6.92. The Bertz CT molecular complexity index is 664. The SMILES string of the molecule is N=Cc1ccc(CNC(=O)c2cc([O-])ncn2)cc1O.[K+]. The predicted molar refractivity (Wildman–Crippen MR) is 68.6 cm³/mol. The van der Waals surface area contributed by atoms with E-state index in [1.165, 1.54) is 6.07 Å². The molecule has 1 heterocycles. The van der Waals surface area contributed by atoms with Crippen LogP contribution in [0.25, 0.3) is 0 Å². The molecule has 0 aliphatic rings. The number of benzene rings is 1. The van der Waals surface area contributed by atoms with E-state index in [0.717, 1.165) is 18.6 Å². The Hall–Kier alpha value is -1.32. The zero-order chi connectivity index (χ0) is 14.5. The molecule has 0 fully saturated rings. The van der Waals surface area contributed by atoms with Gasteiger partial charge in [0.05, 0.1) is 0 Å². The molecule has 0 aliphatic carbocycles. The van der Waals surface area contributed by atoms with Crippen LogP contribution in [0.2, 0.25) is 0 Å². The minimum absolute atomic E-state index is 0. The Morgan fingerprint density at radius 3 is 2.76 bits per heavy atom. The number of nitrogens with one attached hydrogen (secondary N) is 2.